The van der Waals surface area contributed by atoms with Crippen LogP contribution in [-0.4, -0.2) is 37.7 Å². The summed E-state index contributed by atoms with van der Waals surface area (Å²) >= 11 is 0. The van der Waals surface area contributed by atoms with Crippen LogP contribution in [0, 0.1) is 0 Å². The molecule has 1 fully saturated rings. The first-order valence-corrected chi connectivity index (χ1v) is 6.49. The fourth-order valence-corrected chi connectivity index (χ4v) is 2.29. The summed E-state index contributed by atoms with van der Waals surface area (Å²) in [6, 6.07) is 8.98. The van der Waals surface area contributed by atoms with E-state index in [4.69, 9.17) is 4.74 Å². The molecule has 17 heavy (non-hydrogen) atoms. The first-order valence-electron chi connectivity index (χ1n) is 6.49. The number of rotatable bonds is 4. The molecule has 1 N–H and O–H groups in total. The minimum absolute atomic E-state index is 0.493. The highest BCUT2D eigenvalue weighted by atomic mass is 16.5. The van der Waals surface area contributed by atoms with Crippen LogP contribution in [0.2, 0.25) is 0 Å². The van der Waals surface area contributed by atoms with Crippen molar-refractivity contribution in [2.45, 2.75) is 19.9 Å². The van der Waals surface area contributed by atoms with Gasteiger partial charge in [0.1, 0.15) is 5.75 Å². The minimum atomic E-state index is 0.493. The highest BCUT2D eigenvalue weighted by molar-refractivity contribution is 5.29. The number of ether oxygens (including phenoxy) is 1. The number of piperazine rings is 1. The minimum Gasteiger partial charge on any atom is -0.494 e. The molecule has 0 amide bonds. The first-order chi connectivity index (χ1) is 8.31. The zero-order valence-electron chi connectivity index (χ0n) is 10.8. The van der Waals surface area contributed by atoms with E-state index < -0.39 is 0 Å². The summed E-state index contributed by atoms with van der Waals surface area (Å²) in [7, 11) is 0. The van der Waals surface area contributed by atoms with Crippen LogP contribution >= 0.6 is 0 Å². The average Bonchev–Trinajstić information content (AvgIpc) is 2.40. The third-order valence-corrected chi connectivity index (χ3v) is 3.37. The molecule has 1 aliphatic rings. The smallest absolute Gasteiger partial charge is 0.119 e. The molecule has 0 aliphatic carbocycles. The molecular weight excluding hydrogens is 212 g/mol. The van der Waals surface area contributed by atoms with Crippen molar-refractivity contribution in [3.8, 4) is 5.75 Å². The Hall–Kier alpha value is -1.06. The average molecular weight is 234 g/mol. The van der Waals surface area contributed by atoms with Crippen molar-refractivity contribution in [1.82, 2.24) is 10.2 Å². The molecule has 0 aromatic heterocycles. The number of hydrogen-bond acceptors (Lipinski definition) is 3. The van der Waals surface area contributed by atoms with Crippen molar-refractivity contribution in [2.75, 3.05) is 32.8 Å². The Morgan fingerprint density at radius 1 is 1.24 bits per heavy atom. The largest absolute Gasteiger partial charge is 0.494 e. The summed E-state index contributed by atoms with van der Waals surface area (Å²) in [6.07, 6.45) is 0. The maximum Gasteiger partial charge on any atom is 0.119 e. The topological polar surface area (TPSA) is 24.5 Å². The molecule has 2 rings (SSSR count). The molecule has 1 aromatic rings. The van der Waals surface area contributed by atoms with Gasteiger partial charge in [0.15, 0.2) is 0 Å². The maximum absolute atomic E-state index is 5.46. The normalized spacial score (nSPS) is 18.9. The van der Waals surface area contributed by atoms with Crippen LogP contribution in [0.5, 0.6) is 5.75 Å². The van der Waals surface area contributed by atoms with Gasteiger partial charge in [-0.3, -0.25) is 4.90 Å². The van der Waals surface area contributed by atoms with E-state index >= 15 is 0 Å². The van der Waals surface area contributed by atoms with Crippen LogP contribution < -0.4 is 10.1 Å². The third kappa shape index (κ3) is 3.20. The van der Waals surface area contributed by atoms with E-state index in [1.165, 1.54) is 5.56 Å². The van der Waals surface area contributed by atoms with Gasteiger partial charge in [0.05, 0.1) is 6.61 Å². The summed E-state index contributed by atoms with van der Waals surface area (Å²) in [5.41, 5.74) is 1.37. The Labute approximate surface area is 104 Å². The molecule has 0 bridgehead atoms. The number of nitrogens with one attached hydrogen (secondary N) is 1. The van der Waals surface area contributed by atoms with Crippen LogP contribution in [0.4, 0.5) is 0 Å². The fourth-order valence-electron chi connectivity index (χ4n) is 2.29. The van der Waals surface area contributed by atoms with Crippen molar-refractivity contribution >= 4 is 0 Å². The van der Waals surface area contributed by atoms with Crippen LogP contribution in [-0.2, 0) is 0 Å². The van der Waals surface area contributed by atoms with Crippen LogP contribution in [0.15, 0.2) is 24.3 Å². The SMILES string of the molecule is CCOc1ccc(C(C)N2CCNCC2)cc1. The highest BCUT2D eigenvalue weighted by Gasteiger charge is 2.17. The van der Waals surface area contributed by atoms with Crippen molar-refractivity contribution in [3.05, 3.63) is 29.8 Å². The highest BCUT2D eigenvalue weighted by Crippen LogP contribution is 2.22. The van der Waals surface area contributed by atoms with Crippen molar-refractivity contribution in [3.63, 3.8) is 0 Å². The first kappa shape index (κ1) is 12.4. The fraction of sp³-hybridized carbons (Fsp3) is 0.571. The van der Waals surface area contributed by atoms with Gasteiger partial charge in [-0.25, -0.2) is 0 Å². The third-order valence-electron chi connectivity index (χ3n) is 3.37. The van der Waals surface area contributed by atoms with E-state index in [-0.39, 0.29) is 0 Å². The predicted octanol–water partition coefficient (Wildman–Crippen LogP) is 2.05. The van der Waals surface area contributed by atoms with Gasteiger partial charge in [-0.1, -0.05) is 12.1 Å². The standard InChI is InChI=1S/C14H22N2O/c1-3-17-14-6-4-13(5-7-14)12(2)16-10-8-15-9-11-16/h4-7,12,15H,3,8-11H2,1-2H3. The number of hydrogen-bond donors (Lipinski definition) is 1. The van der Waals surface area contributed by atoms with Gasteiger partial charge in [-0.05, 0) is 31.5 Å². The Bertz CT molecular complexity index is 331. The zero-order valence-corrected chi connectivity index (χ0v) is 10.8. The molecule has 94 valence electrons. The quantitative estimate of drug-likeness (QED) is 0.863. The molecule has 0 spiro atoms. The summed E-state index contributed by atoms with van der Waals surface area (Å²) in [5, 5.41) is 3.39. The Balaban J connectivity index is 2.00. The monoisotopic (exact) mass is 234 g/mol. The molecule has 1 aliphatic heterocycles. The second kappa shape index (κ2) is 6.03. The molecule has 1 heterocycles. The lowest BCUT2D eigenvalue weighted by Gasteiger charge is -2.33. The van der Waals surface area contributed by atoms with Crippen molar-refractivity contribution < 1.29 is 4.74 Å². The van der Waals surface area contributed by atoms with E-state index in [1.807, 2.05) is 6.92 Å². The second-order valence-corrected chi connectivity index (χ2v) is 4.46. The zero-order chi connectivity index (χ0) is 12.1. The molecule has 1 atom stereocenters. The van der Waals surface area contributed by atoms with Crippen molar-refractivity contribution in [2.24, 2.45) is 0 Å². The van der Waals surface area contributed by atoms with Crippen LogP contribution in [0.25, 0.3) is 0 Å². The number of benzene rings is 1. The van der Waals surface area contributed by atoms with E-state index in [0.29, 0.717) is 6.04 Å². The van der Waals surface area contributed by atoms with Gasteiger partial charge < -0.3 is 10.1 Å². The van der Waals surface area contributed by atoms with E-state index in [1.54, 1.807) is 0 Å². The Kier molecular flexibility index (Phi) is 4.40. The number of nitrogens with zero attached hydrogens (tertiary/aromatic N) is 1. The second-order valence-electron chi connectivity index (χ2n) is 4.46. The van der Waals surface area contributed by atoms with E-state index in [0.717, 1.165) is 38.5 Å². The maximum atomic E-state index is 5.46. The van der Waals surface area contributed by atoms with E-state index in [2.05, 4.69) is 41.4 Å². The van der Waals surface area contributed by atoms with Gasteiger partial charge >= 0.3 is 0 Å². The van der Waals surface area contributed by atoms with Crippen LogP contribution in [0.1, 0.15) is 25.5 Å². The predicted molar refractivity (Wildman–Crippen MR) is 70.5 cm³/mol. The summed E-state index contributed by atoms with van der Waals surface area (Å²) in [5.74, 6) is 0.962. The van der Waals surface area contributed by atoms with Crippen LogP contribution in [0.3, 0.4) is 0 Å². The van der Waals surface area contributed by atoms with Gasteiger partial charge in [0.2, 0.25) is 0 Å². The lowest BCUT2D eigenvalue weighted by molar-refractivity contribution is 0.185. The molecular formula is C14H22N2O. The molecule has 1 unspecified atom stereocenters. The summed E-state index contributed by atoms with van der Waals surface area (Å²) in [4.78, 5) is 2.52. The Morgan fingerprint density at radius 3 is 2.47 bits per heavy atom. The lowest BCUT2D eigenvalue weighted by atomic mass is 10.1. The van der Waals surface area contributed by atoms with Gasteiger partial charge in [-0.2, -0.15) is 0 Å². The molecule has 3 heteroatoms. The molecule has 3 nitrogen and oxygen atoms in total. The molecule has 0 saturated carbocycles. The molecule has 0 radical (unpaired) electrons. The summed E-state index contributed by atoms with van der Waals surface area (Å²) < 4.78 is 5.46. The molecule has 1 aromatic carbocycles. The van der Waals surface area contributed by atoms with Gasteiger partial charge in [0, 0.05) is 32.2 Å². The Morgan fingerprint density at radius 2 is 1.88 bits per heavy atom. The van der Waals surface area contributed by atoms with E-state index in [9.17, 15) is 0 Å². The lowest BCUT2D eigenvalue weighted by Crippen LogP contribution is -2.44. The van der Waals surface area contributed by atoms with Gasteiger partial charge in [0.25, 0.3) is 0 Å². The van der Waals surface area contributed by atoms with Gasteiger partial charge in [-0.15, -0.1) is 0 Å². The molecule has 1 saturated heterocycles. The van der Waals surface area contributed by atoms with Crippen molar-refractivity contribution in [1.29, 1.82) is 0 Å². The summed E-state index contributed by atoms with van der Waals surface area (Å²) in [6.45, 7) is 9.48.